The van der Waals surface area contributed by atoms with Gasteiger partial charge in [-0.3, -0.25) is 0 Å². The van der Waals surface area contributed by atoms with Crippen molar-refractivity contribution in [3.8, 4) is 102 Å². The Morgan fingerprint density at radius 2 is 0.597 bits per heavy atom. The van der Waals surface area contributed by atoms with Gasteiger partial charge in [-0.05, 0) is 51.6 Å². The minimum Gasteiger partial charge on any atom is -0.238 e. The first-order valence-electron chi connectivity index (χ1n) is 20.2. The summed E-state index contributed by atoms with van der Waals surface area (Å²) in [5.41, 5.74) is 11.1. The quantitative estimate of drug-likeness (QED) is 0.135. The third-order valence-corrected chi connectivity index (χ3v) is 10.7. The first kappa shape index (κ1) is 37.5. The molecule has 0 unspecified atom stereocenters. The fourth-order valence-corrected chi connectivity index (χ4v) is 7.58. The Labute approximate surface area is 359 Å². The molecule has 62 heavy (non-hydrogen) atoms. The highest BCUT2D eigenvalue weighted by molar-refractivity contribution is 5.95. The van der Waals surface area contributed by atoms with Crippen LogP contribution in [0.15, 0.2) is 212 Å². The number of benzene rings is 8. The topological polar surface area (TPSA) is 81.7 Å². The normalized spacial score (nSPS) is 10.9. The Morgan fingerprint density at radius 1 is 0.242 bits per heavy atom. The molecule has 8 aromatic carbocycles. The monoisotopic (exact) mass is 793 g/mol. The number of hydrogen-bond acceptors (Lipinski definition) is 6. The van der Waals surface area contributed by atoms with E-state index in [1.165, 1.54) is 0 Å². The van der Waals surface area contributed by atoms with Gasteiger partial charge in [-0.25, -0.2) is 34.7 Å². The number of hydrogen-bond donors (Lipinski definition) is 0. The van der Waals surface area contributed by atoms with Gasteiger partial charge in [-0.15, -0.1) is 0 Å². The van der Waals surface area contributed by atoms with Crippen LogP contribution in [0.25, 0.3) is 107 Å². The second-order valence-corrected chi connectivity index (χ2v) is 14.6. The Bertz CT molecular complexity index is 3110. The van der Waals surface area contributed by atoms with E-state index < -0.39 is 0 Å². The molecule has 0 amide bonds. The Morgan fingerprint density at radius 3 is 1.06 bits per heavy atom. The fourth-order valence-electron chi connectivity index (χ4n) is 7.58. The van der Waals surface area contributed by atoms with Gasteiger partial charge in [0.1, 0.15) is 0 Å². The van der Waals surface area contributed by atoms with E-state index in [4.69, 9.17) is 36.5 Å². The predicted octanol–water partition coefficient (Wildman–Crippen LogP) is 13.6. The van der Waals surface area contributed by atoms with Gasteiger partial charge < -0.3 is 0 Å². The van der Waals surface area contributed by atoms with Crippen LogP contribution >= 0.6 is 0 Å². The van der Waals surface area contributed by atoms with Gasteiger partial charge >= 0.3 is 0 Å². The second-order valence-electron chi connectivity index (χ2n) is 14.6. The van der Waals surface area contributed by atoms with E-state index in [2.05, 4.69) is 47.3 Å². The van der Waals surface area contributed by atoms with Gasteiger partial charge in [0.15, 0.2) is 40.6 Å². The van der Waals surface area contributed by atoms with Gasteiger partial charge in [0.05, 0.1) is 6.57 Å². The molecule has 7 nitrogen and oxygen atoms in total. The SMILES string of the molecule is [C-]#[N+]c1ccccc1-c1ccc(-c2nc(-c3ccccc3)nc(-c3ccccc3)n2)c(-c2ccc(-c3ccccc3)cc2-c2nc(-c3ccccc3)nc(-c3ccccc3)n2)c1. The molecule has 0 bridgehead atoms. The van der Waals surface area contributed by atoms with Crippen LogP contribution in [-0.4, -0.2) is 29.9 Å². The predicted molar refractivity (Wildman–Crippen MR) is 248 cm³/mol. The van der Waals surface area contributed by atoms with Gasteiger partial charge in [0.25, 0.3) is 0 Å². The van der Waals surface area contributed by atoms with Gasteiger partial charge in [-0.1, -0.05) is 194 Å². The number of rotatable bonds is 9. The average molecular weight is 794 g/mol. The molecule has 2 aromatic heterocycles. The maximum absolute atomic E-state index is 8.05. The largest absolute Gasteiger partial charge is 0.238 e. The van der Waals surface area contributed by atoms with Gasteiger partial charge in [0.2, 0.25) is 0 Å². The lowest BCUT2D eigenvalue weighted by atomic mass is 9.89. The first-order chi connectivity index (χ1) is 30.7. The standard InChI is InChI=1S/C55H35N7/c1-56-49-30-18-17-29-44(49)43-32-34-46(54-59-50(38-21-9-3-10-22-38)57-51(60-54)39-23-11-4-12-24-39)47(36-43)45-33-31-42(37-19-7-2-8-20-37)35-48(45)55-61-52(40-25-13-5-14-26-40)58-53(62-55)41-27-15-6-16-28-41/h2-36H. The van der Waals surface area contributed by atoms with Crippen LogP contribution in [0.5, 0.6) is 0 Å². The van der Waals surface area contributed by atoms with E-state index in [0.717, 1.165) is 66.8 Å². The van der Waals surface area contributed by atoms with Crippen LogP contribution < -0.4 is 0 Å². The van der Waals surface area contributed by atoms with Crippen molar-refractivity contribution in [3.05, 3.63) is 224 Å². The molecule has 10 aromatic rings. The summed E-state index contributed by atoms with van der Waals surface area (Å²) in [5, 5.41) is 0. The first-order valence-corrected chi connectivity index (χ1v) is 20.2. The zero-order valence-electron chi connectivity index (χ0n) is 33.3. The summed E-state index contributed by atoms with van der Waals surface area (Å²) < 4.78 is 0. The van der Waals surface area contributed by atoms with Crippen molar-refractivity contribution >= 4 is 5.69 Å². The lowest BCUT2D eigenvalue weighted by molar-refractivity contribution is 1.07. The molecular weight excluding hydrogens is 759 g/mol. The molecule has 10 rings (SSSR count). The summed E-state index contributed by atoms with van der Waals surface area (Å²) in [6, 6.07) is 70.6. The van der Waals surface area contributed by atoms with Crippen molar-refractivity contribution in [3.63, 3.8) is 0 Å². The van der Waals surface area contributed by atoms with Crippen molar-refractivity contribution in [2.24, 2.45) is 0 Å². The smallest absolute Gasteiger partial charge is 0.194 e. The van der Waals surface area contributed by atoms with Crippen LogP contribution in [0.4, 0.5) is 5.69 Å². The van der Waals surface area contributed by atoms with Crippen LogP contribution in [0, 0.1) is 6.57 Å². The molecule has 0 atom stereocenters. The molecule has 0 N–H and O–H groups in total. The van der Waals surface area contributed by atoms with Crippen molar-refractivity contribution in [1.29, 1.82) is 0 Å². The van der Waals surface area contributed by atoms with Gasteiger partial charge in [-0.2, -0.15) is 0 Å². The average Bonchev–Trinajstić information content (AvgIpc) is 3.37. The Balaban J connectivity index is 1.28. The third kappa shape index (κ3) is 7.63. The highest BCUT2D eigenvalue weighted by Gasteiger charge is 2.22. The highest BCUT2D eigenvalue weighted by Crippen LogP contribution is 2.43. The lowest BCUT2D eigenvalue weighted by Crippen LogP contribution is -2.03. The van der Waals surface area contributed by atoms with Crippen molar-refractivity contribution in [2.75, 3.05) is 0 Å². The number of para-hydroxylation sites is 1. The van der Waals surface area contributed by atoms with E-state index in [-0.39, 0.29) is 0 Å². The summed E-state index contributed by atoms with van der Waals surface area (Å²) in [5.74, 6) is 3.24. The Hall–Kier alpha value is -8.73. The third-order valence-electron chi connectivity index (χ3n) is 10.7. The van der Waals surface area contributed by atoms with E-state index in [9.17, 15) is 0 Å². The number of aromatic nitrogens is 6. The number of nitrogens with zero attached hydrogens (tertiary/aromatic N) is 7. The van der Waals surface area contributed by atoms with Crippen molar-refractivity contribution in [2.45, 2.75) is 0 Å². The summed E-state index contributed by atoms with van der Waals surface area (Å²) in [4.78, 5) is 34.8. The zero-order valence-corrected chi connectivity index (χ0v) is 33.3. The van der Waals surface area contributed by atoms with Crippen molar-refractivity contribution < 1.29 is 0 Å². The minimum atomic E-state index is 0.501. The maximum atomic E-state index is 8.05. The van der Waals surface area contributed by atoms with Crippen LogP contribution in [-0.2, 0) is 0 Å². The van der Waals surface area contributed by atoms with Crippen LogP contribution in [0.2, 0.25) is 0 Å². The molecule has 0 radical (unpaired) electrons. The van der Waals surface area contributed by atoms with Crippen molar-refractivity contribution in [1.82, 2.24) is 29.9 Å². The highest BCUT2D eigenvalue weighted by atomic mass is 15.0. The molecule has 0 aliphatic rings. The summed E-state index contributed by atoms with van der Waals surface area (Å²) in [7, 11) is 0. The fraction of sp³-hybridized carbons (Fsp3) is 0. The zero-order chi connectivity index (χ0) is 41.7. The summed E-state index contributed by atoms with van der Waals surface area (Å²) >= 11 is 0. The lowest BCUT2D eigenvalue weighted by Gasteiger charge is -2.18. The van der Waals surface area contributed by atoms with Gasteiger partial charge in [0, 0.05) is 33.4 Å². The van der Waals surface area contributed by atoms with E-state index in [0.29, 0.717) is 40.6 Å². The van der Waals surface area contributed by atoms with E-state index in [1.54, 1.807) is 0 Å². The maximum Gasteiger partial charge on any atom is 0.194 e. The second kappa shape index (κ2) is 16.9. The summed E-state index contributed by atoms with van der Waals surface area (Å²) in [6.45, 7) is 8.05. The Kier molecular flexibility index (Phi) is 10.2. The molecule has 0 aliphatic heterocycles. The minimum absolute atomic E-state index is 0.501. The van der Waals surface area contributed by atoms with E-state index >= 15 is 0 Å². The molecule has 0 fully saturated rings. The molecule has 0 spiro atoms. The molecule has 2 heterocycles. The molecule has 0 saturated heterocycles. The van der Waals surface area contributed by atoms with E-state index in [1.807, 2.05) is 170 Å². The van der Waals surface area contributed by atoms with Crippen LogP contribution in [0.3, 0.4) is 0 Å². The van der Waals surface area contributed by atoms with Crippen LogP contribution in [0.1, 0.15) is 0 Å². The summed E-state index contributed by atoms with van der Waals surface area (Å²) in [6.07, 6.45) is 0. The molecule has 7 heteroatoms. The molecule has 0 saturated carbocycles. The molecular formula is C55H35N7. The molecule has 290 valence electrons. The molecule has 0 aliphatic carbocycles.